The zero-order valence-corrected chi connectivity index (χ0v) is 13.1. The summed E-state index contributed by atoms with van der Waals surface area (Å²) in [5.41, 5.74) is 1.03. The number of para-hydroxylation sites is 1. The summed E-state index contributed by atoms with van der Waals surface area (Å²) >= 11 is 5.82. The maximum absolute atomic E-state index is 14.1. The van der Waals surface area contributed by atoms with Crippen molar-refractivity contribution in [1.82, 2.24) is 4.90 Å². The van der Waals surface area contributed by atoms with Gasteiger partial charge in [0.2, 0.25) is 0 Å². The SMILES string of the molecule is COc1ccccc1[C@@H]1N(Cc2ccc(Cl)cc2)C(=O)C1(F)F. The molecule has 0 bridgehead atoms. The highest BCUT2D eigenvalue weighted by atomic mass is 35.5. The van der Waals surface area contributed by atoms with Gasteiger partial charge in [0.1, 0.15) is 11.8 Å². The molecule has 2 aromatic carbocycles. The number of halogens is 3. The zero-order chi connectivity index (χ0) is 16.6. The lowest BCUT2D eigenvalue weighted by Gasteiger charge is -2.47. The van der Waals surface area contributed by atoms with Crippen molar-refractivity contribution in [3.8, 4) is 5.75 Å². The standard InChI is InChI=1S/C17H14ClF2NO2/c1-23-14-5-3-2-4-13(14)15-17(19,20)16(22)21(15)10-11-6-8-12(18)9-7-11/h2-9,15H,10H2,1H3/t15-/m0/s1. The molecule has 0 radical (unpaired) electrons. The van der Waals surface area contributed by atoms with Crippen LogP contribution in [-0.4, -0.2) is 23.8 Å². The Morgan fingerprint density at radius 2 is 1.83 bits per heavy atom. The van der Waals surface area contributed by atoms with Crippen LogP contribution in [0.2, 0.25) is 5.02 Å². The number of ether oxygens (including phenoxy) is 1. The molecular weight excluding hydrogens is 324 g/mol. The number of carbonyl (C=O) groups excluding carboxylic acids is 1. The van der Waals surface area contributed by atoms with E-state index in [-0.39, 0.29) is 6.54 Å². The van der Waals surface area contributed by atoms with Crippen LogP contribution in [0.3, 0.4) is 0 Å². The zero-order valence-electron chi connectivity index (χ0n) is 12.3. The molecule has 1 aliphatic rings. The molecule has 3 rings (SSSR count). The predicted molar refractivity (Wildman–Crippen MR) is 82.7 cm³/mol. The van der Waals surface area contributed by atoms with Crippen LogP contribution in [0.1, 0.15) is 17.2 Å². The van der Waals surface area contributed by atoms with Crippen LogP contribution in [0.25, 0.3) is 0 Å². The van der Waals surface area contributed by atoms with Gasteiger partial charge in [-0.15, -0.1) is 0 Å². The number of carbonyl (C=O) groups is 1. The second-order valence-corrected chi connectivity index (χ2v) is 5.76. The van der Waals surface area contributed by atoms with E-state index in [0.717, 1.165) is 10.5 Å². The van der Waals surface area contributed by atoms with E-state index in [1.807, 2.05) is 0 Å². The summed E-state index contributed by atoms with van der Waals surface area (Å²) in [7, 11) is 1.42. The van der Waals surface area contributed by atoms with Gasteiger partial charge in [-0.05, 0) is 23.8 Å². The van der Waals surface area contributed by atoms with Crippen LogP contribution in [0.15, 0.2) is 48.5 Å². The highest BCUT2D eigenvalue weighted by Gasteiger charge is 2.64. The van der Waals surface area contributed by atoms with E-state index in [9.17, 15) is 13.6 Å². The van der Waals surface area contributed by atoms with E-state index in [1.165, 1.54) is 7.11 Å². The fourth-order valence-corrected chi connectivity index (χ4v) is 2.89. The van der Waals surface area contributed by atoms with Crippen molar-refractivity contribution in [3.63, 3.8) is 0 Å². The monoisotopic (exact) mass is 337 g/mol. The molecule has 1 aliphatic heterocycles. The highest BCUT2D eigenvalue weighted by Crippen LogP contribution is 2.50. The molecule has 1 amide bonds. The molecule has 120 valence electrons. The Balaban J connectivity index is 1.93. The van der Waals surface area contributed by atoms with Crippen LogP contribution in [0.5, 0.6) is 5.75 Å². The first kappa shape index (κ1) is 15.7. The number of methoxy groups -OCH3 is 1. The summed E-state index contributed by atoms with van der Waals surface area (Å²) in [6.45, 7) is 0.0916. The van der Waals surface area contributed by atoms with E-state index in [1.54, 1.807) is 48.5 Å². The van der Waals surface area contributed by atoms with Gasteiger partial charge >= 0.3 is 5.92 Å². The molecule has 0 aromatic heterocycles. The van der Waals surface area contributed by atoms with E-state index < -0.39 is 17.9 Å². The quantitative estimate of drug-likeness (QED) is 0.787. The lowest BCUT2D eigenvalue weighted by atomic mass is 9.88. The van der Waals surface area contributed by atoms with Gasteiger partial charge in [0.05, 0.1) is 7.11 Å². The number of hydrogen-bond donors (Lipinski definition) is 0. The third-order valence-electron chi connectivity index (χ3n) is 3.90. The molecule has 1 atom stereocenters. The van der Waals surface area contributed by atoms with Gasteiger partial charge in [-0.3, -0.25) is 4.79 Å². The molecule has 1 fully saturated rings. The summed E-state index contributed by atoms with van der Waals surface area (Å²) in [6.07, 6.45) is 0. The largest absolute Gasteiger partial charge is 0.496 e. The number of amides is 1. The van der Waals surface area contributed by atoms with Crippen LogP contribution in [0.4, 0.5) is 8.78 Å². The predicted octanol–water partition coefficient (Wildman–Crippen LogP) is 4.07. The molecule has 0 N–H and O–H groups in total. The Kier molecular flexibility index (Phi) is 3.98. The van der Waals surface area contributed by atoms with Crippen LogP contribution < -0.4 is 4.74 Å². The Labute approximate surface area is 137 Å². The maximum Gasteiger partial charge on any atom is 0.348 e. The number of likely N-dealkylation sites (tertiary alicyclic amines) is 1. The average molecular weight is 338 g/mol. The number of hydrogen-bond acceptors (Lipinski definition) is 2. The second kappa shape index (κ2) is 5.81. The number of rotatable bonds is 4. The van der Waals surface area contributed by atoms with Crippen molar-refractivity contribution in [3.05, 3.63) is 64.7 Å². The third kappa shape index (κ3) is 2.65. The Morgan fingerprint density at radius 1 is 1.17 bits per heavy atom. The molecule has 0 aliphatic carbocycles. The minimum Gasteiger partial charge on any atom is -0.496 e. The number of alkyl halides is 2. The van der Waals surface area contributed by atoms with Gasteiger partial charge in [-0.2, -0.15) is 8.78 Å². The first-order chi connectivity index (χ1) is 10.9. The number of β-lactam (4-membered cyclic amide) rings is 1. The van der Waals surface area contributed by atoms with Crippen molar-refractivity contribution >= 4 is 17.5 Å². The minimum atomic E-state index is -3.43. The van der Waals surface area contributed by atoms with Crippen LogP contribution >= 0.6 is 11.6 Å². The molecule has 23 heavy (non-hydrogen) atoms. The second-order valence-electron chi connectivity index (χ2n) is 5.33. The first-order valence-corrected chi connectivity index (χ1v) is 7.39. The van der Waals surface area contributed by atoms with Gasteiger partial charge < -0.3 is 9.64 Å². The summed E-state index contributed by atoms with van der Waals surface area (Å²) in [6, 6.07) is 11.9. The molecule has 6 heteroatoms. The summed E-state index contributed by atoms with van der Waals surface area (Å²) in [5, 5.41) is 0.551. The van der Waals surface area contributed by atoms with Crippen molar-refractivity contribution in [2.24, 2.45) is 0 Å². The topological polar surface area (TPSA) is 29.5 Å². The molecule has 0 unspecified atom stereocenters. The van der Waals surface area contributed by atoms with Crippen molar-refractivity contribution in [2.45, 2.75) is 18.5 Å². The molecule has 1 saturated heterocycles. The van der Waals surface area contributed by atoms with Crippen molar-refractivity contribution in [1.29, 1.82) is 0 Å². The fourth-order valence-electron chi connectivity index (χ4n) is 2.76. The Hall–Kier alpha value is -2.14. The lowest BCUT2D eigenvalue weighted by molar-refractivity contribution is -0.207. The van der Waals surface area contributed by atoms with E-state index in [2.05, 4.69) is 0 Å². The van der Waals surface area contributed by atoms with Gasteiger partial charge in [-0.25, -0.2) is 0 Å². The average Bonchev–Trinajstić information content (AvgIpc) is 2.56. The van der Waals surface area contributed by atoms with E-state index >= 15 is 0 Å². The molecular formula is C17H14ClF2NO2. The van der Waals surface area contributed by atoms with Crippen LogP contribution in [0, 0.1) is 0 Å². The highest BCUT2D eigenvalue weighted by molar-refractivity contribution is 6.30. The number of nitrogens with zero attached hydrogens (tertiary/aromatic N) is 1. The first-order valence-electron chi connectivity index (χ1n) is 7.01. The van der Waals surface area contributed by atoms with Crippen LogP contribution in [-0.2, 0) is 11.3 Å². The molecule has 2 aromatic rings. The third-order valence-corrected chi connectivity index (χ3v) is 4.15. The summed E-state index contributed by atoms with van der Waals surface area (Å²) in [5.74, 6) is -4.27. The number of benzene rings is 2. The summed E-state index contributed by atoms with van der Waals surface area (Å²) < 4.78 is 33.5. The fraction of sp³-hybridized carbons (Fsp3) is 0.235. The lowest BCUT2D eigenvalue weighted by Crippen LogP contribution is -2.63. The Bertz CT molecular complexity index is 734. The van der Waals surface area contributed by atoms with E-state index in [4.69, 9.17) is 16.3 Å². The molecule has 0 spiro atoms. The maximum atomic E-state index is 14.1. The smallest absolute Gasteiger partial charge is 0.348 e. The van der Waals surface area contributed by atoms with E-state index in [0.29, 0.717) is 16.3 Å². The summed E-state index contributed by atoms with van der Waals surface area (Å²) in [4.78, 5) is 13.0. The normalized spacial score (nSPS) is 19.4. The molecule has 3 nitrogen and oxygen atoms in total. The van der Waals surface area contributed by atoms with Gasteiger partial charge in [0.25, 0.3) is 5.91 Å². The minimum absolute atomic E-state index is 0.0916. The van der Waals surface area contributed by atoms with Gasteiger partial charge in [0.15, 0.2) is 0 Å². The molecule has 0 saturated carbocycles. The Morgan fingerprint density at radius 3 is 2.48 bits per heavy atom. The van der Waals surface area contributed by atoms with Crippen molar-refractivity contribution in [2.75, 3.05) is 7.11 Å². The van der Waals surface area contributed by atoms with Gasteiger partial charge in [0, 0.05) is 17.1 Å². The van der Waals surface area contributed by atoms with Gasteiger partial charge in [-0.1, -0.05) is 41.9 Å². The molecule has 1 heterocycles. The van der Waals surface area contributed by atoms with Crippen molar-refractivity contribution < 1.29 is 18.3 Å².